The Morgan fingerprint density at radius 3 is 2.23 bits per heavy atom. The Labute approximate surface area is 154 Å². The van der Waals surface area contributed by atoms with E-state index < -0.39 is 0 Å². The summed E-state index contributed by atoms with van der Waals surface area (Å²) in [5.41, 5.74) is 6.43. The molecule has 0 aliphatic carbocycles. The number of carbonyl (C=O) groups is 1. The average Bonchev–Trinajstić information content (AvgIpc) is 2.88. The highest BCUT2D eigenvalue weighted by atomic mass is 16.1. The van der Waals surface area contributed by atoms with Crippen molar-refractivity contribution in [2.75, 3.05) is 0 Å². The first kappa shape index (κ1) is 17.9. The summed E-state index contributed by atoms with van der Waals surface area (Å²) in [5, 5.41) is 7.47. The summed E-state index contributed by atoms with van der Waals surface area (Å²) in [6, 6.07) is 18.6. The maximum atomic E-state index is 12.5. The third kappa shape index (κ3) is 3.85. The fraction of sp³-hybridized carbons (Fsp3) is 0.273. The van der Waals surface area contributed by atoms with Crippen LogP contribution in [0.5, 0.6) is 0 Å². The minimum Gasteiger partial charge on any atom is -0.349 e. The van der Waals surface area contributed by atoms with Crippen molar-refractivity contribution in [2.24, 2.45) is 7.05 Å². The molecule has 0 aliphatic heterocycles. The van der Waals surface area contributed by atoms with E-state index in [9.17, 15) is 4.79 Å². The molecule has 2 aromatic carbocycles. The number of aromatic nitrogens is 2. The molecule has 0 saturated carbocycles. The molecule has 0 aliphatic rings. The van der Waals surface area contributed by atoms with Crippen molar-refractivity contribution in [1.29, 1.82) is 0 Å². The summed E-state index contributed by atoms with van der Waals surface area (Å²) in [6.07, 6.45) is 0.359. The van der Waals surface area contributed by atoms with Crippen LogP contribution in [0.3, 0.4) is 0 Å². The monoisotopic (exact) mass is 347 g/mol. The number of rotatable bonds is 5. The number of aryl methyl sites for hydroxylation is 2. The quantitative estimate of drug-likeness (QED) is 0.754. The Kier molecular flexibility index (Phi) is 5.21. The number of hydrogen-bond donors (Lipinski definition) is 1. The number of amides is 1. The average molecular weight is 347 g/mol. The van der Waals surface area contributed by atoms with Crippen LogP contribution in [-0.4, -0.2) is 15.7 Å². The molecule has 0 saturated heterocycles. The Morgan fingerprint density at radius 1 is 1.04 bits per heavy atom. The lowest BCUT2D eigenvalue weighted by Crippen LogP contribution is -2.28. The third-order valence-corrected chi connectivity index (χ3v) is 4.89. The lowest BCUT2D eigenvalue weighted by molar-refractivity contribution is -0.121. The van der Waals surface area contributed by atoms with E-state index in [0.29, 0.717) is 6.42 Å². The van der Waals surface area contributed by atoms with Gasteiger partial charge in [-0.05, 0) is 37.5 Å². The van der Waals surface area contributed by atoms with Crippen molar-refractivity contribution in [3.8, 4) is 11.1 Å². The molecule has 3 rings (SSSR count). The second-order valence-corrected chi connectivity index (χ2v) is 6.73. The number of carbonyl (C=O) groups excluding carboxylic acids is 1. The number of nitrogens with one attached hydrogen (secondary N) is 1. The molecular weight excluding hydrogens is 322 g/mol. The maximum Gasteiger partial charge on any atom is 0.225 e. The van der Waals surface area contributed by atoms with E-state index in [0.717, 1.165) is 22.5 Å². The van der Waals surface area contributed by atoms with Crippen LogP contribution in [-0.2, 0) is 18.3 Å². The van der Waals surface area contributed by atoms with Crippen LogP contribution in [0.4, 0.5) is 0 Å². The third-order valence-electron chi connectivity index (χ3n) is 4.89. The molecule has 1 N–H and O–H groups in total. The first-order valence-electron chi connectivity index (χ1n) is 8.89. The van der Waals surface area contributed by atoms with Gasteiger partial charge in [0.05, 0.1) is 18.2 Å². The number of nitrogens with zero attached hydrogens (tertiary/aromatic N) is 2. The van der Waals surface area contributed by atoms with Gasteiger partial charge in [-0.1, -0.05) is 54.6 Å². The van der Waals surface area contributed by atoms with E-state index in [1.165, 1.54) is 11.1 Å². The fourth-order valence-corrected chi connectivity index (χ4v) is 3.20. The van der Waals surface area contributed by atoms with Gasteiger partial charge in [0.1, 0.15) is 0 Å². The molecule has 0 bridgehead atoms. The lowest BCUT2D eigenvalue weighted by Gasteiger charge is -2.15. The standard InChI is InChI=1S/C22H25N3O/c1-15(23-22(26)14-21-16(2)24-25(4)17(21)3)18-10-12-20(13-11-18)19-8-6-5-7-9-19/h5-13,15H,14H2,1-4H3,(H,23,26). The summed E-state index contributed by atoms with van der Waals surface area (Å²) < 4.78 is 1.82. The molecule has 26 heavy (non-hydrogen) atoms. The second-order valence-electron chi connectivity index (χ2n) is 6.73. The van der Waals surface area contributed by atoms with Crippen molar-refractivity contribution in [2.45, 2.75) is 33.2 Å². The van der Waals surface area contributed by atoms with E-state index in [1.54, 1.807) is 0 Å². The van der Waals surface area contributed by atoms with Gasteiger partial charge in [-0.2, -0.15) is 5.10 Å². The molecule has 0 fully saturated rings. The van der Waals surface area contributed by atoms with Crippen LogP contribution in [0.25, 0.3) is 11.1 Å². The molecule has 1 aromatic heterocycles. The minimum atomic E-state index is -0.0374. The van der Waals surface area contributed by atoms with Crippen LogP contribution in [0, 0.1) is 13.8 Å². The summed E-state index contributed by atoms with van der Waals surface area (Å²) in [6.45, 7) is 5.95. The van der Waals surface area contributed by atoms with E-state index in [1.807, 2.05) is 50.7 Å². The largest absolute Gasteiger partial charge is 0.349 e. The van der Waals surface area contributed by atoms with Crippen molar-refractivity contribution in [1.82, 2.24) is 15.1 Å². The van der Waals surface area contributed by atoms with Gasteiger partial charge < -0.3 is 5.32 Å². The van der Waals surface area contributed by atoms with E-state index in [4.69, 9.17) is 0 Å². The summed E-state index contributed by atoms with van der Waals surface area (Å²) in [5.74, 6) is 0.0174. The molecule has 1 atom stereocenters. The Bertz CT molecular complexity index is 895. The van der Waals surface area contributed by atoms with Crippen molar-refractivity contribution in [3.05, 3.63) is 77.1 Å². The van der Waals surface area contributed by atoms with Crippen molar-refractivity contribution >= 4 is 5.91 Å². The van der Waals surface area contributed by atoms with Gasteiger partial charge >= 0.3 is 0 Å². The van der Waals surface area contributed by atoms with Crippen LogP contribution in [0.15, 0.2) is 54.6 Å². The van der Waals surface area contributed by atoms with Gasteiger partial charge in [0.25, 0.3) is 0 Å². The molecule has 4 heteroatoms. The highest BCUT2D eigenvalue weighted by molar-refractivity contribution is 5.79. The predicted molar refractivity (Wildman–Crippen MR) is 105 cm³/mol. The minimum absolute atomic E-state index is 0.0174. The zero-order chi connectivity index (χ0) is 18.7. The Hall–Kier alpha value is -2.88. The Morgan fingerprint density at radius 2 is 1.65 bits per heavy atom. The molecular formula is C22H25N3O. The van der Waals surface area contributed by atoms with Crippen LogP contribution < -0.4 is 5.32 Å². The van der Waals surface area contributed by atoms with E-state index in [2.05, 4.69) is 46.8 Å². The van der Waals surface area contributed by atoms with E-state index >= 15 is 0 Å². The summed E-state index contributed by atoms with van der Waals surface area (Å²) >= 11 is 0. The highest BCUT2D eigenvalue weighted by Gasteiger charge is 2.15. The summed E-state index contributed by atoms with van der Waals surface area (Å²) in [4.78, 5) is 12.5. The van der Waals surface area contributed by atoms with Crippen LogP contribution in [0.1, 0.15) is 35.5 Å². The van der Waals surface area contributed by atoms with Crippen LogP contribution >= 0.6 is 0 Å². The van der Waals surface area contributed by atoms with E-state index in [-0.39, 0.29) is 11.9 Å². The fourth-order valence-electron chi connectivity index (χ4n) is 3.20. The molecule has 4 nitrogen and oxygen atoms in total. The predicted octanol–water partition coefficient (Wildman–Crippen LogP) is 4.12. The number of hydrogen-bond acceptors (Lipinski definition) is 2. The molecule has 1 amide bonds. The molecule has 1 heterocycles. The maximum absolute atomic E-state index is 12.5. The number of benzene rings is 2. The topological polar surface area (TPSA) is 46.9 Å². The molecule has 3 aromatic rings. The molecule has 134 valence electrons. The lowest BCUT2D eigenvalue weighted by atomic mass is 10.0. The SMILES string of the molecule is Cc1nn(C)c(C)c1CC(=O)NC(C)c1ccc(-c2ccccc2)cc1. The van der Waals surface area contributed by atoms with Crippen LogP contribution in [0.2, 0.25) is 0 Å². The molecule has 0 spiro atoms. The highest BCUT2D eigenvalue weighted by Crippen LogP contribution is 2.22. The van der Waals surface area contributed by atoms with Crippen molar-refractivity contribution < 1.29 is 4.79 Å². The molecule has 1 unspecified atom stereocenters. The Balaban J connectivity index is 1.66. The summed E-state index contributed by atoms with van der Waals surface area (Å²) in [7, 11) is 1.90. The van der Waals surface area contributed by atoms with Gasteiger partial charge in [0.2, 0.25) is 5.91 Å². The smallest absolute Gasteiger partial charge is 0.225 e. The van der Waals surface area contributed by atoms with Crippen molar-refractivity contribution in [3.63, 3.8) is 0 Å². The zero-order valence-corrected chi connectivity index (χ0v) is 15.8. The van der Waals surface area contributed by atoms with Gasteiger partial charge in [-0.3, -0.25) is 9.48 Å². The first-order valence-corrected chi connectivity index (χ1v) is 8.89. The first-order chi connectivity index (χ1) is 12.5. The van der Waals surface area contributed by atoms with Gasteiger partial charge in [0.15, 0.2) is 0 Å². The zero-order valence-electron chi connectivity index (χ0n) is 15.8. The van der Waals surface area contributed by atoms with Gasteiger partial charge in [-0.15, -0.1) is 0 Å². The normalized spacial score (nSPS) is 12.0. The second kappa shape index (κ2) is 7.56. The van der Waals surface area contributed by atoms with Gasteiger partial charge in [0, 0.05) is 18.3 Å². The van der Waals surface area contributed by atoms with Gasteiger partial charge in [-0.25, -0.2) is 0 Å². The molecule has 0 radical (unpaired) electrons.